The molecule has 0 N–H and O–H groups in total. The largest absolute Gasteiger partial charge is 0.493 e. The van der Waals surface area contributed by atoms with Gasteiger partial charge in [0.25, 0.3) is 0 Å². The van der Waals surface area contributed by atoms with E-state index in [9.17, 15) is 14.4 Å². The molecule has 2 unspecified atom stereocenters. The molecule has 0 bridgehead atoms. The highest BCUT2D eigenvalue weighted by Gasteiger charge is 2.59. The molecule has 160 valence electrons. The summed E-state index contributed by atoms with van der Waals surface area (Å²) < 4.78 is 11.2. The van der Waals surface area contributed by atoms with E-state index in [1.54, 1.807) is 36.4 Å². The van der Waals surface area contributed by atoms with Gasteiger partial charge in [0.2, 0.25) is 0 Å². The topological polar surface area (TPSA) is 69.7 Å². The molecule has 0 fully saturated rings. The quantitative estimate of drug-likeness (QED) is 0.328. The summed E-state index contributed by atoms with van der Waals surface area (Å²) in [6.45, 7) is 3.90. The van der Waals surface area contributed by atoms with E-state index in [1.807, 2.05) is 13.8 Å². The molecular weight excluding hydrogens is 460 g/mol. The van der Waals surface area contributed by atoms with E-state index < -0.39 is 11.3 Å². The molecule has 0 spiro atoms. The SMILES string of the molecule is COc1cc(Br)c(C(=O)C23CC(C)=C(C)CC2C(=O)c2ccccc2C3=O)cc1OC. The Kier molecular flexibility index (Phi) is 5.38. The molecule has 0 radical (unpaired) electrons. The van der Waals surface area contributed by atoms with Gasteiger partial charge in [-0.05, 0) is 54.8 Å². The van der Waals surface area contributed by atoms with Crippen LogP contribution in [0.2, 0.25) is 0 Å². The Bertz CT molecular complexity index is 1160. The first-order chi connectivity index (χ1) is 14.8. The fourth-order valence-electron chi connectivity index (χ4n) is 4.84. The monoisotopic (exact) mass is 482 g/mol. The number of rotatable bonds is 4. The van der Waals surface area contributed by atoms with E-state index in [0.717, 1.165) is 11.1 Å². The summed E-state index contributed by atoms with van der Waals surface area (Å²) in [5, 5.41) is 0. The highest BCUT2D eigenvalue weighted by Crippen LogP contribution is 2.53. The van der Waals surface area contributed by atoms with Crippen LogP contribution in [0.3, 0.4) is 0 Å². The number of halogens is 1. The Morgan fingerprint density at radius 1 is 1.00 bits per heavy atom. The van der Waals surface area contributed by atoms with Crippen molar-refractivity contribution < 1.29 is 23.9 Å². The third kappa shape index (κ3) is 3.07. The van der Waals surface area contributed by atoms with Gasteiger partial charge in [-0.1, -0.05) is 35.4 Å². The minimum Gasteiger partial charge on any atom is -0.493 e. The first-order valence-corrected chi connectivity index (χ1v) is 10.8. The molecule has 0 aliphatic heterocycles. The van der Waals surface area contributed by atoms with Crippen LogP contribution in [0.4, 0.5) is 0 Å². The second-order valence-electron chi connectivity index (χ2n) is 8.22. The number of ketones is 3. The normalized spacial score (nSPS) is 22.7. The number of carbonyl (C=O) groups is 3. The molecule has 0 amide bonds. The molecule has 2 aromatic rings. The number of hydrogen-bond donors (Lipinski definition) is 0. The van der Waals surface area contributed by atoms with Gasteiger partial charge in [0.15, 0.2) is 28.8 Å². The van der Waals surface area contributed by atoms with Gasteiger partial charge in [0.05, 0.1) is 14.2 Å². The van der Waals surface area contributed by atoms with Gasteiger partial charge in [0.1, 0.15) is 5.41 Å². The Labute approximate surface area is 189 Å². The van der Waals surface area contributed by atoms with Crippen molar-refractivity contribution >= 4 is 33.3 Å². The highest BCUT2D eigenvalue weighted by molar-refractivity contribution is 9.10. The van der Waals surface area contributed by atoms with Gasteiger partial charge >= 0.3 is 0 Å². The summed E-state index contributed by atoms with van der Waals surface area (Å²) in [5.74, 6) is -0.683. The number of benzene rings is 2. The fourth-order valence-corrected chi connectivity index (χ4v) is 5.34. The third-order valence-electron chi connectivity index (χ3n) is 6.66. The molecule has 2 atom stereocenters. The maximum absolute atomic E-state index is 14.1. The van der Waals surface area contributed by atoms with Crippen molar-refractivity contribution in [3.63, 3.8) is 0 Å². The van der Waals surface area contributed by atoms with E-state index in [4.69, 9.17) is 9.47 Å². The van der Waals surface area contributed by atoms with Crippen LogP contribution in [0, 0.1) is 11.3 Å². The summed E-state index contributed by atoms with van der Waals surface area (Å²) in [5.41, 5.74) is 1.58. The summed E-state index contributed by atoms with van der Waals surface area (Å²) in [6.07, 6.45) is 0.614. The second-order valence-corrected chi connectivity index (χ2v) is 9.07. The van der Waals surface area contributed by atoms with Crippen molar-refractivity contribution in [1.82, 2.24) is 0 Å². The predicted molar refractivity (Wildman–Crippen MR) is 120 cm³/mol. The van der Waals surface area contributed by atoms with Crippen molar-refractivity contribution in [3.05, 3.63) is 68.7 Å². The van der Waals surface area contributed by atoms with Crippen LogP contribution in [-0.2, 0) is 0 Å². The van der Waals surface area contributed by atoms with Gasteiger partial charge in [0, 0.05) is 27.1 Å². The minimum atomic E-state index is -1.48. The third-order valence-corrected chi connectivity index (χ3v) is 7.32. The molecule has 4 rings (SSSR count). The number of Topliss-reactive ketones (excluding diaryl/α,β-unsaturated/α-hetero) is 3. The number of ether oxygens (including phenoxy) is 2. The average molecular weight is 483 g/mol. The lowest BCUT2D eigenvalue weighted by molar-refractivity contribution is 0.0451. The van der Waals surface area contributed by atoms with E-state index in [1.165, 1.54) is 14.2 Å². The van der Waals surface area contributed by atoms with Crippen LogP contribution in [0.5, 0.6) is 11.5 Å². The number of fused-ring (bicyclic) bond motifs is 2. The molecule has 0 saturated heterocycles. The summed E-state index contributed by atoms with van der Waals surface area (Å²) >= 11 is 3.46. The first kappa shape index (κ1) is 21.5. The molecule has 2 aromatic carbocycles. The zero-order chi connectivity index (χ0) is 22.5. The van der Waals surface area contributed by atoms with Gasteiger partial charge < -0.3 is 9.47 Å². The van der Waals surface area contributed by atoms with E-state index >= 15 is 0 Å². The lowest BCUT2D eigenvalue weighted by Crippen LogP contribution is -2.54. The van der Waals surface area contributed by atoms with Crippen LogP contribution in [-0.4, -0.2) is 31.6 Å². The lowest BCUT2D eigenvalue weighted by atomic mass is 9.53. The Hall–Kier alpha value is -2.73. The van der Waals surface area contributed by atoms with Crippen molar-refractivity contribution in [2.24, 2.45) is 11.3 Å². The Morgan fingerprint density at radius 2 is 1.61 bits per heavy atom. The van der Waals surface area contributed by atoms with Crippen molar-refractivity contribution in [3.8, 4) is 11.5 Å². The number of carbonyl (C=O) groups excluding carboxylic acids is 3. The number of hydrogen-bond acceptors (Lipinski definition) is 5. The van der Waals surface area contributed by atoms with E-state index in [0.29, 0.717) is 39.1 Å². The zero-order valence-electron chi connectivity index (χ0n) is 17.9. The lowest BCUT2D eigenvalue weighted by Gasteiger charge is -2.45. The molecule has 2 aliphatic carbocycles. The van der Waals surface area contributed by atoms with Gasteiger partial charge in [-0.2, -0.15) is 0 Å². The van der Waals surface area contributed by atoms with Crippen molar-refractivity contribution in [1.29, 1.82) is 0 Å². The molecule has 5 nitrogen and oxygen atoms in total. The van der Waals surface area contributed by atoms with E-state index in [-0.39, 0.29) is 23.8 Å². The molecule has 31 heavy (non-hydrogen) atoms. The van der Waals surface area contributed by atoms with Gasteiger partial charge in [-0.15, -0.1) is 0 Å². The molecule has 0 saturated carbocycles. The molecule has 6 heteroatoms. The van der Waals surface area contributed by atoms with Crippen LogP contribution in [0.15, 0.2) is 52.0 Å². The molecule has 2 aliphatic rings. The summed E-state index contributed by atoms with van der Waals surface area (Å²) in [6, 6.07) is 10.0. The maximum atomic E-state index is 14.1. The summed E-state index contributed by atoms with van der Waals surface area (Å²) in [7, 11) is 3.00. The fraction of sp³-hybridized carbons (Fsp3) is 0.320. The predicted octanol–water partition coefficient (Wildman–Crippen LogP) is 5.46. The van der Waals surface area contributed by atoms with Crippen molar-refractivity contribution in [2.75, 3.05) is 14.2 Å². The van der Waals surface area contributed by atoms with Crippen LogP contribution in [0.1, 0.15) is 57.8 Å². The van der Waals surface area contributed by atoms with Crippen LogP contribution in [0.25, 0.3) is 0 Å². The Morgan fingerprint density at radius 3 is 2.26 bits per heavy atom. The standard InChI is InChI=1S/C25H23BrO5/c1-13-9-18-22(27)15-7-5-6-8-16(15)23(28)25(18,12-14(13)2)24(29)17-10-20(30-3)21(31-4)11-19(17)26/h5-8,10-11,18H,9,12H2,1-4H3. The number of methoxy groups -OCH3 is 2. The molecule has 0 aromatic heterocycles. The van der Waals surface area contributed by atoms with Crippen molar-refractivity contribution in [2.45, 2.75) is 26.7 Å². The van der Waals surface area contributed by atoms with Gasteiger partial charge in [-0.3, -0.25) is 14.4 Å². The number of allylic oxidation sites excluding steroid dienone is 2. The first-order valence-electron chi connectivity index (χ1n) is 10.1. The summed E-state index contributed by atoms with van der Waals surface area (Å²) in [4.78, 5) is 41.6. The molecular formula is C25H23BrO5. The average Bonchev–Trinajstić information content (AvgIpc) is 2.78. The zero-order valence-corrected chi connectivity index (χ0v) is 19.5. The minimum absolute atomic E-state index is 0.146. The van der Waals surface area contributed by atoms with Crippen LogP contribution >= 0.6 is 15.9 Å². The smallest absolute Gasteiger partial charge is 0.179 e. The Balaban J connectivity index is 1.97. The van der Waals surface area contributed by atoms with Gasteiger partial charge in [-0.25, -0.2) is 0 Å². The van der Waals surface area contributed by atoms with Crippen LogP contribution < -0.4 is 9.47 Å². The second kappa shape index (κ2) is 7.75. The highest BCUT2D eigenvalue weighted by atomic mass is 79.9. The molecule has 0 heterocycles. The maximum Gasteiger partial charge on any atom is 0.179 e. The van der Waals surface area contributed by atoms with E-state index in [2.05, 4.69) is 15.9 Å².